The van der Waals surface area contributed by atoms with Crippen LogP contribution < -0.4 is 4.31 Å². The zero-order valence-electron chi connectivity index (χ0n) is 12.9. The molecule has 1 unspecified atom stereocenters. The largest absolute Gasteiger partial charge is 0.379 e. The predicted molar refractivity (Wildman–Crippen MR) is 83.4 cm³/mol. The van der Waals surface area contributed by atoms with Gasteiger partial charge in [-0.3, -0.25) is 8.99 Å². The smallest absolute Gasteiger partial charge is 0.267 e. The normalized spacial score (nSPS) is 18.3. The maximum absolute atomic E-state index is 13.1. The van der Waals surface area contributed by atoms with Crippen LogP contribution in [0.2, 0.25) is 0 Å². The average molecular weight is 321 g/mol. The summed E-state index contributed by atoms with van der Waals surface area (Å²) in [6.45, 7) is 2.06. The van der Waals surface area contributed by atoms with Crippen LogP contribution in [-0.2, 0) is 28.2 Å². The van der Waals surface area contributed by atoms with E-state index in [1.165, 1.54) is 10.5 Å². The number of aryl methyl sites for hydroxylation is 1. The fraction of sp³-hybridized carbons (Fsp3) is 0.400. The highest BCUT2D eigenvalue weighted by molar-refractivity contribution is 7.92. The standard InChI is InChI=1S/C15H19N3O3S/c1-11-15(9-16-17(11)2)22(19,20)18-10-13(21-3)8-12-6-4-5-7-14(12)18/h4-7,9,13H,8,10H2,1-3H3. The number of anilines is 1. The molecule has 0 fully saturated rings. The average Bonchev–Trinajstić information content (AvgIpc) is 2.86. The minimum absolute atomic E-state index is 0.151. The van der Waals surface area contributed by atoms with Gasteiger partial charge in [-0.05, 0) is 18.6 Å². The van der Waals surface area contributed by atoms with Crippen molar-refractivity contribution in [3.05, 3.63) is 41.7 Å². The Hall–Kier alpha value is -1.86. The van der Waals surface area contributed by atoms with E-state index in [1.807, 2.05) is 24.3 Å². The number of benzene rings is 1. The molecule has 1 aliphatic rings. The Morgan fingerprint density at radius 1 is 1.32 bits per heavy atom. The first kappa shape index (κ1) is 15.1. The summed E-state index contributed by atoms with van der Waals surface area (Å²) in [4.78, 5) is 0.238. The third-order valence-corrected chi connectivity index (χ3v) is 6.05. The van der Waals surface area contributed by atoms with Gasteiger partial charge in [0.1, 0.15) is 4.90 Å². The summed E-state index contributed by atoms with van der Waals surface area (Å²) < 4.78 is 34.5. The van der Waals surface area contributed by atoms with Crippen LogP contribution in [0.15, 0.2) is 35.4 Å². The molecule has 1 atom stereocenters. The molecule has 2 heterocycles. The molecule has 0 N–H and O–H groups in total. The van der Waals surface area contributed by atoms with Crippen LogP contribution in [0.4, 0.5) is 5.69 Å². The highest BCUT2D eigenvalue weighted by Gasteiger charge is 2.35. The highest BCUT2D eigenvalue weighted by Crippen LogP contribution is 2.33. The molecule has 0 aliphatic carbocycles. The number of sulfonamides is 1. The first-order valence-electron chi connectivity index (χ1n) is 7.07. The Kier molecular flexibility index (Phi) is 3.70. The Morgan fingerprint density at radius 2 is 2.05 bits per heavy atom. The first-order valence-corrected chi connectivity index (χ1v) is 8.51. The fourth-order valence-electron chi connectivity index (χ4n) is 2.76. The van der Waals surface area contributed by atoms with Gasteiger partial charge >= 0.3 is 0 Å². The maximum Gasteiger partial charge on any atom is 0.267 e. The summed E-state index contributed by atoms with van der Waals surface area (Å²) in [7, 11) is -0.316. The lowest BCUT2D eigenvalue weighted by atomic mass is 10.0. The van der Waals surface area contributed by atoms with Crippen molar-refractivity contribution in [2.75, 3.05) is 18.0 Å². The van der Waals surface area contributed by atoms with E-state index in [4.69, 9.17) is 4.74 Å². The molecule has 3 rings (SSSR count). The van der Waals surface area contributed by atoms with E-state index in [0.29, 0.717) is 18.7 Å². The van der Waals surface area contributed by atoms with Crippen molar-refractivity contribution in [3.8, 4) is 0 Å². The molecule has 1 aromatic heterocycles. The number of hydrogen-bond acceptors (Lipinski definition) is 4. The number of rotatable bonds is 3. The van der Waals surface area contributed by atoms with Crippen molar-refractivity contribution in [3.63, 3.8) is 0 Å². The van der Waals surface area contributed by atoms with Crippen LogP contribution in [-0.4, -0.2) is 38.0 Å². The van der Waals surface area contributed by atoms with Gasteiger partial charge < -0.3 is 4.74 Å². The maximum atomic E-state index is 13.1. The number of hydrogen-bond donors (Lipinski definition) is 0. The molecule has 2 aromatic rings. The summed E-state index contributed by atoms with van der Waals surface area (Å²) in [6.07, 6.45) is 1.97. The molecule has 7 heteroatoms. The van der Waals surface area contributed by atoms with E-state index in [2.05, 4.69) is 5.10 Å². The summed E-state index contributed by atoms with van der Waals surface area (Å²) in [5, 5.41) is 4.05. The van der Waals surface area contributed by atoms with Crippen LogP contribution in [0.25, 0.3) is 0 Å². The van der Waals surface area contributed by atoms with Crippen molar-refractivity contribution < 1.29 is 13.2 Å². The van der Waals surface area contributed by atoms with E-state index in [0.717, 1.165) is 11.3 Å². The minimum Gasteiger partial charge on any atom is -0.379 e. The molecular weight excluding hydrogens is 302 g/mol. The Balaban J connectivity index is 2.12. The zero-order valence-corrected chi connectivity index (χ0v) is 13.7. The fourth-order valence-corrected chi connectivity index (χ4v) is 4.48. The molecule has 0 bridgehead atoms. The summed E-state index contributed by atoms with van der Waals surface area (Å²) in [5.74, 6) is 0. The Morgan fingerprint density at radius 3 is 2.68 bits per heavy atom. The van der Waals surface area contributed by atoms with Crippen molar-refractivity contribution in [1.29, 1.82) is 0 Å². The van der Waals surface area contributed by atoms with Crippen LogP contribution in [0.1, 0.15) is 11.3 Å². The SMILES string of the molecule is COC1Cc2ccccc2N(S(=O)(=O)c2cnn(C)c2C)C1. The molecular formula is C15H19N3O3S. The summed E-state index contributed by atoms with van der Waals surface area (Å²) in [6, 6.07) is 7.55. The molecule has 1 aliphatic heterocycles. The molecule has 6 nitrogen and oxygen atoms in total. The van der Waals surface area contributed by atoms with Gasteiger partial charge in [-0.25, -0.2) is 8.42 Å². The molecule has 0 saturated carbocycles. The zero-order chi connectivity index (χ0) is 15.9. The molecule has 0 spiro atoms. The molecule has 118 valence electrons. The molecule has 0 amide bonds. The van der Waals surface area contributed by atoms with Crippen LogP contribution in [0.3, 0.4) is 0 Å². The van der Waals surface area contributed by atoms with Gasteiger partial charge in [0.15, 0.2) is 0 Å². The Labute approximate surface area is 130 Å². The third kappa shape index (κ3) is 2.30. The van der Waals surface area contributed by atoms with Crippen LogP contribution in [0, 0.1) is 6.92 Å². The van der Waals surface area contributed by atoms with Gasteiger partial charge in [-0.2, -0.15) is 5.10 Å². The van der Waals surface area contributed by atoms with E-state index < -0.39 is 10.0 Å². The predicted octanol–water partition coefficient (Wildman–Crippen LogP) is 1.49. The number of nitrogens with zero attached hydrogens (tertiary/aromatic N) is 3. The van der Waals surface area contributed by atoms with Crippen molar-refractivity contribution >= 4 is 15.7 Å². The Bertz CT molecular complexity index is 798. The number of methoxy groups -OCH3 is 1. The van der Waals surface area contributed by atoms with Crippen molar-refractivity contribution in [2.24, 2.45) is 7.05 Å². The third-order valence-electron chi connectivity index (χ3n) is 4.17. The number of para-hydroxylation sites is 1. The van der Waals surface area contributed by atoms with E-state index in [9.17, 15) is 8.42 Å². The molecule has 1 aromatic carbocycles. The van der Waals surface area contributed by atoms with Crippen molar-refractivity contribution in [1.82, 2.24) is 9.78 Å². The molecule has 0 saturated heterocycles. The second kappa shape index (κ2) is 5.40. The second-order valence-corrected chi connectivity index (χ2v) is 7.28. The van der Waals surface area contributed by atoms with Crippen LogP contribution in [0.5, 0.6) is 0 Å². The first-order chi connectivity index (χ1) is 10.4. The topological polar surface area (TPSA) is 64.4 Å². The number of fused-ring (bicyclic) bond motifs is 1. The number of aromatic nitrogens is 2. The van der Waals surface area contributed by atoms with E-state index in [-0.39, 0.29) is 11.0 Å². The van der Waals surface area contributed by atoms with Crippen molar-refractivity contribution in [2.45, 2.75) is 24.3 Å². The summed E-state index contributed by atoms with van der Waals surface area (Å²) >= 11 is 0. The van der Waals surface area contributed by atoms with Gasteiger partial charge in [0.25, 0.3) is 10.0 Å². The number of ether oxygens (including phenoxy) is 1. The quantitative estimate of drug-likeness (QED) is 0.859. The lowest BCUT2D eigenvalue weighted by Crippen LogP contribution is -2.43. The molecule has 0 radical (unpaired) electrons. The minimum atomic E-state index is -3.66. The lowest BCUT2D eigenvalue weighted by molar-refractivity contribution is 0.108. The monoisotopic (exact) mass is 321 g/mol. The van der Waals surface area contributed by atoms with Gasteiger partial charge in [-0.1, -0.05) is 18.2 Å². The van der Waals surface area contributed by atoms with E-state index in [1.54, 1.807) is 25.8 Å². The lowest BCUT2D eigenvalue weighted by Gasteiger charge is -2.34. The van der Waals surface area contributed by atoms with Crippen LogP contribution >= 0.6 is 0 Å². The van der Waals surface area contributed by atoms with Gasteiger partial charge in [0.05, 0.1) is 30.2 Å². The highest BCUT2D eigenvalue weighted by atomic mass is 32.2. The van der Waals surface area contributed by atoms with E-state index >= 15 is 0 Å². The van der Waals surface area contributed by atoms with Gasteiger partial charge in [-0.15, -0.1) is 0 Å². The van der Waals surface area contributed by atoms with Gasteiger partial charge in [0, 0.05) is 20.6 Å². The molecule has 22 heavy (non-hydrogen) atoms. The summed E-state index contributed by atoms with van der Waals surface area (Å²) in [5.41, 5.74) is 2.32. The second-order valence-electron chi connectivity index (χ2n) is 5.44. The van der Waals surface area contributed by atoms with Gasteiger partial charge in [0.2, 0.25) is 0 Å².